The molecule has 20 heavy (non-hydrogen) atoms. The van der Waals surface area contributed by atoms with E-state index in [-0.39, 0.29) is 5.78 Å². The number of ketones is 1. The molecule has 0 aliphatic carbocycles. The summed E-state index contributed by atoms with van der Waals surface area (Å²) in [5.41, 5.74) is 1.10. The Morgan fingerprint density at radius 3 is 1.90 bits per heavy atom. The molecule has 2 aromatic carbocycles. The summed E-state index contributed by atoms with van der Waals surface area (Å²) in [6, 6.07) is 17.4. The lowest BCUT2D eigenvalue weighted by Crippen LogP contribution is -2.28. The van der Waals surface area contributed by atoms with Crippen LogP contribution in [0, 0.1) is 0 Å². The van der Waals surface area contributed by atoms with Gasteiger partial charge in [-0.2, -0.15) is 0 Å². The van der Waals surface area contributed by atoms with Gasteiger partial charge >= 0.3 is 5.97 Å². The number of hydrogen-bond donors (Lipinski definition) is 1. The quantitative estimate of drug-likeness (QED) is 0.673. The van der Waals surface area contributed by atoms with E-state index in [9.17, 15) is 14.7 Å². The van der Waals surface area contributed by atoms with Crippen molar-refractivity contribution in [2.75, 3.05) is 0 Å². The van der Waals surface area contributed by atoms with Gasteiger partial charge in [-0.1, -0.05) is 76.6 Å². The van der Waals surface area contributed by atoms with Gasteiger partial charge < -0.3 is 5.11 Å². The molecule has 0 saturated carbocycles. The molecule has 0 aliphatic rings. The predicted octanol–water partition coefficient (Wildman–Crippen LogP) is 3.50. The Kier molecular flexibility index (Phi) is 4.69. The lowest BCUT2D eigenvalue weighted by Gasteiger charge is -2.18. The van der Waals surface area contributed by atoms with Crippen LogP contribution in [-0.2, 0) is 4.79 Å². The molecule has 0 fully saturated rings. The first kappa shape index (κ1) is 14.5. The van der Waals surface area contributed by atoms with Gasteiger partial charge in [0, 0.05) is 5.56 Å². The molecule has 0 aromatic heterocycles. The van der Waals surface area contributed by atoms with E-state index in [1.807, 2.05) is 12.1 Å². The second-order valence-electron chi connectivity index (χ2n) is 4.36. The number of carboxylic acid groups (broad SMARTS) is 1. The van der Waals surface area contributed by atoms with Crippen LogP contribution in [-0.4, -0.2) is 21.7 Å². The van der Waals surface area contributed by atoms with Gasteiger partial charge in [0.2, 0.25) is 0 Å². The summed E-state index contributed by atoms with van der Waals surface area (Å²) in [6.07, 6.45) is 0. The van der Waals surface area contributed by atoms with Gasteiger partial charge in [0.1, 0.15) is 5.92 Å². The minimum absolute atomic E-state index is 0.234. The molecule has 0 spiro atoms. The highest BCUT2D eigenvalue weighted by Crippen LogP contribution is 2.28. The molecule has 0 radical (unpaired) electrons. The zero-order valence-electron chi connectivity index (χ0n) is 10.6. The van der Waals surface area contributed by atoms with Crippen molar-refractivity contribution in [1.82, 2.24) is 0 Å². The summed E-state index contributed by atoms with van der Waals surface area (Å²) in [5.74, 6) is -2.17. The van der Waals surface area contributed by atoms with Gasteiger partial charge in [-0.15, -0.1) is 0 Å². The first-order valence-corrected chi connectivity index (χ1v) is 7.04. The number of alkyl halides is 1. The molecule has 2 atom stereocenters. The fraction of sp³-hybridized carbons (Fsp3) is 0.125. The molecular weight excluding hydrogens is 320 g/mol. The number of carbonyl (C=O) groups excluding carboxylic acids is 1. The number of carbonyl (C=O) groups is 2. The van der Waals surface area contributed by atoms with Gasteiger partial charge in [-0.3, -0.25) is 9.59 Å². The SMILES string of the molecule is O=C(O)[C@H](c1ccccc1)[C@@H](Br)C(=O)c1ccccc1. The van der Waals surface area contributed by atoms with Crippen LogP contribution in [0.3, 0.4) is 0 Å². The number of benzene rings is 2. The monoisotopic (exact) mass is 332 g/mol. The topological polar surface area (TPSA) is 54.4 Å². The third-order valence-electron chi connectivity index (χ3n) is 3.03. The summed E-state index contributed by atoms with van der Waals surface area (Å²) in [4.78, 5) is 23.0. The second kappa shape index (κ2) is 6.48. The van der Waals surface area contributed by atoms with E-state index in [0.717, 1.165) is 0 Å². The lowest BCUT2D eigenvalue weighted by molar-refractivity contribution is -0.138. The molecule has 0 bridgehead atoms. The minimum Gasteiger partial charge on any atom is -0.481 e. The van der Waals surface area contributed by atoms with Crippen LogP contribution in [0.1, 0.15) is 21.8 Å². The van der Waals surface area contributed by atoms with Crippen LogP contribution in [0.2, 0.25) is 0 Å². The number of halogens is 1. The molecule has 0 unspecified atom stereocenters. The van der Waals surface area contributed by atoms with Crippen LogP contribution in [0.15, 0.2) is 60.7 Å². The summed E-state index contributed by atoms with van der Waals surface area (Å²) < 4.78 is 0. The van der Waals surface area contributed by atoms with Gasteiger partial charge in [0.25, 0.3) is 0 Å². The van der Waals surface area contributed by atoms with Crippen molar-refractivity contribution < 1.29 is 14.7 Å². The molecule has 0 saturated heterocycles. The summed E-state index contributed by atoms with van der Waals surface area (Å²) in [7, 11) is 0. The van der Waals surface area contributed by atoms with Crippen molar-refractivity contribution in [3.8, 4) is 0 Å². The Labute approximate surface area is 125 Å². The Morgan fingerprint density at radius 2 is 1.40 bits per heavy atom. The molecular formula is C16H13BrO3. The van der Waals surface area contributed by atoms with Gasteiger partial charge in [-0.05, 0) is 5.56 Å². The highest BCUT2D eigenvalue weighted by Gasteiger charge is 2.33. The van der Waals surface area contributed by atoms with Gasteiger partial charge in [0.15, 0.2) is 5.78 Å². The predicted molar refractivity (Wildman–Crippen MR) is 80.3 cm³/mol. The number of aliphatic carboxylic acids is 1. The van der Waals surface area contributed by atoms with Crippen molar-refractivity contribution in [2.24, 2.45) is 0 Å². The molecule has 0 amide bonds. The molecule has 0 heterocycles. The van der Waals surface area contributed by atoms with Gasteiger partial charge in [-0.25, -0.2) is 0 Å². The fourth-order valence-electron chi connectivity index (χ4n) is 2.01. The van der Waals surface area contributed by atoms with Gasteiger partial charge in [0.05, 0.1) is 4.83 Å². The molecule has 3 nitrogen and oxygen atoms in total. The van der Waals surface area contributed by atoms with Crippen LogP contribution >= 0.6 is 15.9 Å². The average Bonchev–Trinajstić information content (AvgIpc) is 2.48. The zero-order chi connectivity index (χ0) is 14.5. The molecule has 2 aromatic rings. The molecule has 102 valence electrons. The molecule has 0 aliphatic heterocycles. The molecule has 1 N–H and O–H groups in total. The number of rotatable bonds is 5. The van der Waals surface area contributed by atoms with Crippen LogP contribution in [0.5, 0.6) is 0 Å². The maximum absolute atomic E-state index is 12.4. The first-order valence-electron chi connectivity index (χ1n) is 6.12. The van der Waals surface area contributed by atoms with E-state index in [1.165, 1.54) is 0 Å². The van der Waals surface area contributed by atoms with E-state index in [0.29, 0.717) is 11.1 Å². The third kappa shape index (κ3) is 3.14. The fourth-order valence-corrected chi connectivity index (χ4v) is 2.81. The number of hydrogen-bond acceptors (Lipinski definition) is 2. The van der Waals surface area contributed by atoms with E-state index >= 15 is 0 Å². The molecule has 2 rings (SSSR count). The van der Waals surface area contributed by atoms with Crippen LogP contribution < -0.4 is 0 Å². The summed E-state index contributed by atoms with van der Waals surface area (Å²) in [6.45, 7) is 0. The maximum Gasteiger partial charge on any atom is 0.312 e. The van der Waals surface area contributed by atoms with Crippen molar-refractivity contribution in [3.63, 3.8) is 0 Å². The Hall–Kier alpha value is -1.94. The zero-order valence-corrected chi connectivity index (χ0v) is 12.2. The van der Waals surface area contributed by atoms with Crippen molar-refractivity contribution in [2.45, 2.75) is 10.7 Å². The van der Waals surface area contributed by atoms with Crippen molar-refractivity contribution in [3.05, 3.63) is 71.8 Å². The van der Waals surface area contributed by atoms with E-state index in [2.05, 4.69) is 15.9 Å². The van der Waals surface area contributed by atoms with Crippen LogP contribution in [0.25, 0.3) is 0 Å². The van der Waals surface area contributed by atoms with E-state index in [4.69, 9.17) is 0 Å². The second-order valence-corrected chi connectivity index (χ2v) is 5.35. The highest BCUT2D eigenvalue weighted by atomic mass is 79.9. The number of carboxylic acids is 1. The highest BCUT2D eigenvalue weighted by molar-refractivity contribution is 9.10. The standard InChI is InChI=1S/C16H13BrO3/c17-14(15(18)12-9-5-2-6-10-12)13(16(19)20)11-7-3-1-4-8-11/h1-10,13-14H,(H,19,20)/t13-,14-/m1/s1. The summed E-state index contributed by atoms with van der Waals surface area (Å²) >= 11 is 3.25. The van der Waals surface area contributed by atoms with Crippen molar-refractivity contribution >= 4 is 27.7 Å². The lowest BCUT2D eigenvalue weighted by atomic mass is 9.91. The normalized spacial score (nSPS) is 13.4. The van der Waals surface area contributed by atoms with E-state index < -0.39 is 16.7 Å². The third-order valence-corrected chi connectivity index (χ3v) is 3.97. The van der Waals surface area contributed by atoms with Crippen LogP contribution in [0.4, 0.5) is 0 Å². The average molecular weight is 333 g/mol. The Morgan fingerprint density at radius 1 is 0.900 bits per heavy atom. The Bertz CT molecular complexity index is 596. The maximum atomic E-state index is 12.4. The Balaban J connectivity index is 2.31. The largest absolute Gasteiger partial charge is 0.481 e. The molecule has 4 heteroatoms. The van der Waals surface area contributed by atoms with E-state index in [1.54, 1.807) is 48.5 Å². The first-order chi connectivity index (χ1) is 9.61. The number of Topliss-reactive ketones (excluding diaryl/α,β-unsaturated/α-hetero) is 1. The van der Waals surface area contributed by atoms with Crippen molar-refractivity contribution in [1.29, 1.82) is 0 Å². The summed E-state index contributed by atoms with van der Waals surface area (Å²) in [5, 5.41) is 9.41. The smallest absolute Gasteiger partial charge is 0.312 e. The minimum atomic E-state index is -1.03.